The zero-order chi connectivity index (χ0) is 15.1. The minimum Gasteiger partial charge on any atom is -0.321 e. The Balaban J connectivity index is 1.82. The molecule has 1 atom stereocenters. The second kappa shape index (κ2) is 4.96. The number of piperazine rings is 1. The fraction of sp³-hybridized carbons (Fsp3) is 0.385. The zero-order valence-corrected chi connectivity index (χ0v) is 12.4. The SMILES string of the molecule is Cc1cn2c(CC(=O)N3CC(=O)NC(=O)C3C)csc2n1. The van der Waals surface area contributed by atoms with E-state index in [0.717, 1.165) is 16.3 Å². The first-order valence-corrected chi connectivity index (χ1v) is 7.39. The second-order valence-electron chi connectivity index (χ2n) is 5.05. The highest BCUT2D eigenvalue weighted by atomic mass is 32.1. The van der Waals surface area contributed by atoms with Gasteiger partial charge in [0.05, 0.1) is 12.1 Å². The maximum absolute atomic E-state index is 12.4. The summed E-state index contributed by atoms with van der Waals surface area (Å²) in [4.78, 5) is 41.9. The van der Waals surface area contributed by atoms with E-state index in [2.05, 4.69) is 10.3 Å². The predicted molar refractivity (Wildman–Crippen MR) is 75.8 cm³/mol. The van der Waals surface area contributed by atoms with Crippen molar-refractivity contribution in [1.29, 1.82) is 0 Å². The van der Waals surface area contributed by atoms with E-state index in [1.807, 2.05) is 22.9 Å². The fourth-order valence-corrected chi connectivity index (χ4v) is 3.26. The van der Waals surface area contributed by atoms with Gasteiger partial charge in [-0.1, -0.05) is 0 Å². The van der Waals surface area contributed by atoms with Gasteiger partial charge in [0, 0.05) is 17.3 Å². The molecular weight excluding hydrogens is 292 g/mol. The van der Waals surface area contributed by atoms with E-state index in [4.69, 9.17) is 0 Å². The van der Waals surface area contributed by atoms with Crippen LogP contribution in [0.3, 0.4) is 0 Å². The zero-order valence-electron chi connectivity index (χ0n) is 11.6. The van der Waals surface area contributed by atoms with Gasteiger partial charge < -0.3 is 4.90 Å². The van der Waals surface area contributed by atoms with E-state index in [1.54, 1.807) is 6.92 Å². The molecule has 1 aliphatic heterocycles. The van der Waals surface area contributed by atoms with Crippen LogP contribution in [0.4, 0.5) is 0 Å². The van der Waals surface area contributed by atoms with Crippen molar-refractivity contribution < 1.29 is 14.4 Å². The van der Waals surface area contributed by atoms with Gasteiger partial charge in [-0.2, -0.15) is 0 Å². The Morgan fingerprint density at radius 2 is 2.29 bits per heavy atom. The van der Waals surface area contributed by atoms with E-state index in [1.165, 1.54) is 16.2 Å². The number of rotatable bonds is 2. The van der Waals surface area contributed by atoms with Crippen LogP contribution in [0, 0.1) is 6.92 Å². The molecule has 3 amide bonds. The molecule has 7 nitrogen and oxygen atoms in total. The number of amides is 3. The fourth-order valence-electron chi connectivity index (χ4n) is 2.34. The van der Waals surface area contributed by atoms with Crippen LogP contribution in [0.2, 0.25) is 0 Å². The van der Waals surface area contributed by atoms with E-state index < -0.39 is 17.9 Å². The summed E-state index contributed by atoms with van der Waals surface area (Å²) in [5, 5.41) is 4.09. The Morgan fingerprint density at radius 3 is 3.05 bits per heavy atom. The van der Waals surface area contributed by atoms with Crippen molar-refractivity contribution in [2.24, 2.45) is 0 Å². The summed E-state index contributed by atoms with van der Waals surface area (Å²) in [5.74, 6) is -1.12. The minimum absolute atomic E-state index is 0.0814. The topological polar surface area (TPSA) is 83.8 Å². The van der Waals surface area contributed by atoms with Crippen LogP contribution >= 0.6 is 11.3 Å². The summed E-state index contributed by atoms with van der Waals surface area (Å²) >= 11 is 1.46. The van der Waals surface area contributed by atoms with Gasteiger partial charge in [0.15, 0.2) is 4.96 Å². The molecule has 0 bridgehead atoms. The third-order valence-corrected chi connectivity index (χ3v) is 4.37. The number of fused-ring (bicyclic) bond motifs is 1. The van der Waals surface area contributed by atoms with Crippen LogP contribution in [0.15, 0.2) is 11.6 Å². The Bertz CT molecular complexity index is 748. The Morgan fingerprint density at radius 1 is 1.52 bits per heavy atom. The van der Waals surface area contributed by atoms with Crippen molar-refractivity contribution in [2.45, 2.75) is 26.3 Å². The van der Waals surface area contributed by atoms with Crippen molar-refractivity contribution in [2.75, 3.05) is 6.54 Å². The van der Waals surface area contributed by atoms with E-state index in [0.29, 0.717) is 0 Å². The van der Waals surface area contributed by atoms with Gasteiger partial charge in [-0.05, 0) is 13.8 Å². The third-order valence-electron chi connectivity index (χ3n) is 3.48. The summed E-state index contributed by atoms with van der Waals surface area (Å²) in [6.07, 6.45) is 2.01. The van der Waals surface area contributed by atoms with Gasteiger partial charge in [-0.25, -0.2) is 4.98 Å². The Hall–Kier alpha value is -2.22. The molecule has 0 aromatic carbocycles. The number of aryl methyl sites for hydroxylation is 1. The molecule has 1 fully saturated rings. The van der Waals surface area contributed by atoms with Gasteiger partial charge >= 0.3 is 0 Å². The molecule has 2 aromatic heterocycles. The Labute approximate surface area is 124 Å². The van der Waals surface area contributed by atoms with Crippen LogP contribution in [0.1, 0.15) is 18.3 Å². The van der Waals surface area contributed by atoms with Crippen LogP contribution in [0.5, 0.6) is 0 Å². The van der Waals surface area contributed by atoms with Crippen LogP contribution in [-0.4, -0.2) is 44.6 Å². The molecule has 3 heterocycles. The largest absolute Gasteiger partial charge is 0.321 e. The molecule has 2 aromatic rings. The number of aromatic nitrogens is 2. The number of hydrogen-bond acceptors (Lipinski definition) is 5. The molecule has 0 aliphatic carbocycles. The van der Waals surface area contributed by atoms with Crippen molar-refractivity contribution in [1.82, 2.24) is 19.6 Å². The van der Waals surface area contributed by atoms with Gasteiger partial charge in [0.25, 0.3) is 0 Å². The van der Waals surface area contributed by atoms with Gasteiger partial charge in [0.1, 0.15) is 12.6 Å². The summed E-state index contributed by atoms with van der Waals surface area (Å²) < 4.78 is 1.87. The second-order valence-corrected chi connectivity index (χ2v) is 5.89. The average molecular weight is 306 g/mol. The summed E-state index contributed by atoms with van der Waals surface area (Å²) in [6, 6.07) is -0.631. The summed E-state index contributed by atoms with van der Waals surface area (Å²) in [6.45, 7) is 3.42. The van der Waals surface area contributed by atoms with Gasteiger partial charge in [-0.3, -0.25) is 24.1 Å². The van der Waals surface area contributed by atoms with Gasteiger partial charge in [0.2, 0.25) is 17.7 Å². The smallest absolute Gasteiger partial charge is 0.249 e. The maximum atomic E-state index is 12.4. The highest BCUT2D eigenvalue weighted by molar-refractivity contribution is 7.15. The van der Waals surface area contributed by atoms with Crippen LogP contribution in [0.25, 0.3) is 4.96 Å². The van der Waals surface area contributed by atoms with Crippen molar-refractivity contribution in [3.8, 4) is 0 Å². The number of imidazole rings is 1. The molecular formula is C13H14N4O3S. The molecule has 8 heteroatoms. The maximum Gasteiger partial charge on any atom is 0.249 e. The predicted octanol–water partition coefficient (Wildman–Crippen LogP) is 0.120. The molecule has 1 saturated heterocycles. The molecule has 1 unspecified atom stereocenters. The minimum atomic E-state index is -0.631. The lowest BCUT2D eigenvalue weighted by molar-refractivity contribution is -0.149. The van der Waals surface area contributed by atoms with Crippen LogP contribution in [-0.2, 0) is 20.8 Å². The number of thiazole rings is 1. The summed E-state index contributed by atoms with van der Waals surface area (Å²) in [5.41, 5.74) is 1.70. The number of nitrogens with zero attached hydrogens (tertiary/aromatic N) is 3. The molecule has 1 aliphatic rings. The van der Waals surface area contributed by atoms with E-state index in [9.17, 15) is 14.4 Å². The quantitative estimate of drug-likeness (QED) is 0.799. The molecule has 0 saturated carbocycles. The molecule has 110 valence electrons. The number of nitrogens with one attached hydrogen (secondary N) is 1. The van der Waals surface area contributed by atoms with E-state index >= 15 is 0 Å². The lowest BCUT2D eigenvalue weighted by atomic mass is 10.1. The average Bonchev–Trinajstić information content (AvgIpc) is 2.94. The number of carbonyl (C=O) groups is 3. The molecule has 0 radical (unpaired) electrons. The monoisotopic (exact) mass is 306 g/mol. The lowest BCUT2D eigenvalue weighted by Crippen LogP contribution is -2.58. The normalized spacial score (nSPS) is 19.1. The molecule has 21 heavy (non-hydrogen) atoms. The highest BCUT2D eigenvalue weighted by Gasteiger charge is 2.33. The highest BCUT2D eigenvalue weighted by Crippen LogP contribution is 2.18. The first kappa shape index (κ1) is 13.7. The third kappa shape index (κ3) is 2.42. The number of hydrogen-bond donors (Lipinski definition) is 1. The van der Waals surface area contributed by atoms with Gasteiger partial charge in [-0.15, -0.1) is 11.3 Å². The van der Waals surface area contributed by atoms with Crippen molar-refractivity contribution in [3.05, 3.63) is 23.0 Å². The molecule has 1 N–H and O–H groups in total. The van der Waals surface area contributed by atoms with Crippen molar-refractivity contribution >= 4 is 34.0 Å². The first-order chi connectivity index (χ1) is 9.95. The number of imide groups is 1. The number of carbonyl (C=O) groups excluding carboxylic acids is 3. The van der Waals surface area contributed by atoms with Crippen LogP contribution < -0.4 is 5.32 Å². The molecule has 0 spiro atoms. The van der Waals surface area contributed by atoms with E-state index in [-0.39, 0.29) is 18.9 Å². The molecule has 3 rings (SSSR count). The lowest BCUT2D eigenvalue weighted by Gasteiger charge is -2.31. The standard InChI is InChI=1S/C13H14N4O3S/c1-7-4-17-9(6-21-13(17)14-7)3-11(19)16-5-10(18)15-12(20)8(16)2/h4,6,8H,3,5H2,1-2H3,(H,15,18,20). The Kier molecular flexibility index (Phi) is 3.25. The summed E-state index contributed by atoms with van der Waals surface area (Å²) in [7, 11) is 0. The first-order valence-electron chi connectivity index (χ1n) is 6.51. The van der Waals surface area contributed by atoms with Crippen molar-refractivity contribution in [3.63, 3.8) is 0 Å².